The molecule has 0 spiro atoms. The number of ether oxygens (including phenoxy) is 1. The zero-order valence-corrected chi connectivity index (χ0v) is 16.6. The van der Waals surface area contributed by atoms with Crippen molar-refractivity contribution in [2.75, 3.05) is 11.1 Å². The van der Waals surface area contributed by atoms with E-state index in [1.165, 1.54) is 17.4 Å². The molecule has 28 heavy (non-hydrogen) atoms. The molecule has 2 aromatic carbocycles. The number of hydrogen-bond acceptors (Lipinski definition) is 6. The third-order valence-corrected chi connectivity index (χ3v) is 5.01. The second-order valence-electron chi connectivity index (χ2n) is 5.93. The van der Waals surface area contributed by atoms with Crippen molar-refractivity contribution in [3.63, 3.8) is 0 Å². The van der Waals surface area contributed by atoms with Crippen molar-refractivity contribution >= 4 is 45.6 Å². The van der Waals surface area contributed by atoms with Gasteiger partial charge in [-0.05, 0) is 30.7 Å². The topological polar surface area (TPSA) is 94.3 Å². The molecule has 144 valence electrons. The lowest BCUT2D eigenvalue weighted by molar-refractivity contribution is -0.124. The Morgan fingerprint density at radius 3 is 2.75 bits per heavy atom. The van der Waals surface area contributed by atoms with E-state index in [2.05, 4.69) is 10.3 Å². The molecule has 0 aliphatic carbocycles. The van der Waals surface area contributed by atoms with Crippen LogP contribution in [0.2, 0.25) is 5.02 Å². The van der Waals surface area contributed by atoms with E-state index in [9.17, 15) is 9.59 Å². The highest BCUT2D eigenvalue weighted by Crippen LogP contribution is 2.30. The van der Waals surface area contributed by atoms with Gasteiger partial charge in [-0.1, -0.05) is 42.8 Å². The number of carbonyl (C=O) groups excluding carboxylic acids is 2. The molecule has 1 amide bonds. The van der Waals surface area contributed by atoms with Crippen LogP contribution >= 0.6 is 22.9 Å². The molecule has 3 rings (SSSR count). The van der Waals surface area contributed by atoms with Crippen molar-refractivity contribution in [3.05, 3.63) is 64.5 Å². The highest BCUT2D eigenvalue weighted by Gasteiger charge is 2.23. The van der Waals surface area contributed by atoms with Crippen LogP contribution in [0.15, 0.2) is 53.9 Å². The number of thiazole rings is 1. The Morgan fingerprint density at radius 2 is 2.04 bits per heavy atom. The number of carbonyl (C=O) groups is 2. The van der Waals surface area contributed by atoms with Gasteiger partial charge in [0.05, 0.1) is 11.3 Å². The van der Waals surface area contributed by atoms with Crippen molar-refractivity contribution in [2.45, 2.75) is 19.4 Å². The molecule has 0 aliphatic heterocycles. The Bertz CT molecular complexity index is 1010. The van der Waals surface area contributed by atoms with E-state index in [1.807, 2.05) is 18.2 Å². The van der Waals surface area contributed by atoms with Crippen molar-refractivity contribution in [1.29, 1.82) is 0 Å². The summed E-state index contributed by atoms with van der Waals surface area (Å²) in [6.45, 7) is 1.76. The Balaban J connectivity index is 1.67. The summed E-state index contributed by atoms with van der Waals surface area (Å²) in [6, 6.07) is 13.7. The minimum absolute atomic E-state index is 0.293. The largest absolute Gasteiger partial charge is 0.449 e. The first-order chi connectivity index (χ1) is 13.5. The first-order valence-electron chi connectivity index (χ1n) is 8.55. The van der Waals surface area contributed by atoms with Crippen molar-refractivity contribution in [3.8, 4) is 11.3 Å². The van der Waals surface area contributed by atoms with Crippen molar-refractivity contribution in [1.82, 2.24) is 4.98 Å². The summed E-state index contributed by atoms with van der Waals surface area (Å²) in [4.78, 5) is 29.2. The highest BCUT2D eigenvalue weighted by atomic mass is 35.5. The van der Waals surface area contributed by atoms with Gasteiger partial charge in [0, 0.05) is 21.7 Å². The molecule has 1 atom stereocenters. The van der Waals surface area contributed by atoms with Gasteiger partial charge in [0.2, 0.25) is 0 Å². The van der Waals surface area contributed by atoms with E-state index >= 15 is 0 Å². The third kappa shape index (κ3) is 4.68. The second kappa shape index (κ2) is 8.86. The van der Waals surface area contributed by atoms with Gasteiger partial charge >= 0.3 is 5.97 Å². The summed E-state index contributed by atoms with van der Waals surface area (Å²) in [6.07, 6.45) is -0.621. The van der Waals surface area contributed by atoms with E-state index in [1.54, 1.807) is 36.6 Å². The normalized spacial score (nSPS) is 11.6. The van der Waals surface area contributed by atoms with Crippen LogP contribution in [-0.4, -0.2) is 23.0 Å². The number of nitrogens with zero attached hydrogens (tertiary/aromatic N) is 1. The first-order valence-corrected chi connectivity index (χ1v) is 9.81. The highest BCUT2D eigenvalue weighted by molar-refractivity contribution is 7.14. The van der Waals surface area contributed by atoms with Gasteiger partial charge in [-0.3, -0.25) is 10.1 Å². The lowest BCUT2D eigenvalue weighted by atomic mass is 10.2. The summed E-state index contributed by atoms with van der Waals surface area (Å²) >= 11 is 7.45. The number of esters is 1. The van der Waals surface area contributed by atoms with Gasteiger partial charge < -0.3 is 10.5 Å². The molecular formula is C20H18ClN3O3S. The molecule has 0 bridgehead atoms. The lowest BCUT2D eigenvalue weighted by Crippen LogP contribution is -2.32. The molecule has 3 N–H and O–H groups in total. The molecule has 6 nitrogen and oxygen atoms in total. The van der Waals surface area contributed by atoms with E-state index in [0.717, 1.165) is 5.56 Å². The van der Waals surface area contributed by atoms with Gasteiger partial charge in [-0.15, -0.1) is 11.3 Å². The molecule has 8 heteroatoms. The lowest BCUT2D eigenvalue weighted by Gasteiger charge is -2.15. The Kier molecular flexibility index (Phi) is 6.28. The van der Waals surface area contributed by atoms with Crippen LogP contribution in [0.4, 0.5) is 10.8 Å². The van der Waals surface area contributed by atoms with Crippen LogP contribution in [0.5, 0.6) is 0 Å². The van der Waals surface area contributed by atoms with Crippen LogP contribution < -0.4 is 11.1 Å². The van der Waals surface area contributed by atoms with E-state index in [0.29, 0.717) is 33.5 Å². The van der Waals surface area contributed by atoms with Gasteiger partial charge in [-0.2, -0.15) is 0 Å². The molecule has 0 radical (unpaired) electrons. The first kappa shape index (κ1) is 19.9. The van der Waals surface area contributed by atoms with E-state index in [4.69, 9.17) is 22.1 Å². The summed E-state index contributed by atoms with van der Waals surface area (Å²) in [5.41, 5.74) is 7.86. The zero-order chi connectivity index (χ0) is 20.1. The number of nitrogen functional groups attached to an aromatic ring is 1. The predicted molar refractivity (Wildman–Crippen MR) is 112 cm³/mol. The van der Waals surface area contributed by atoms with Gasteiger partial charge in [0.15, 0.2) is 11.2 Å². The van der Waals surface area contributed by atoms with E-state index in [-0.39, 0.29) is 0 Å². The standard InChI is InChI=1S/C20H18ClN3O3S/c1-2-17(27-19(26)12-6-5-7-13(22)10-12)18(25)24-20-23-16(11-28-20)14-8-3-4-9-15(14)21/h3-11,17H,2,22H2,1H3,(H,23,24,25). The van der Waals surface area contributed by atoms with Crippen molar-refractivity contribution < 1.29 is 14.3 Å². The summed E-state index contributed by atoms with van der Waals surface area (Å²) < 4.78 is 5.33. The maximum atomic E-state index is 12.5. The number of amides is 1. The number of rotatable bonds is 6. The zero-order valence-electron chi connectivity index (χ0n) is 15.0. The van der Waals surface area contributed by atoms with Crippen LogP contribution in [0, 0.1) is 0 Å². The van der Waals surface area contributed by atoms with Crippen LogP contribution in [0.1, 0.15) is 23.7 Å². The Hall–Kier alpha value is -2.90. The fourth-order valence-corrected chi connectivity index (χ4v) is 3.44. The quantitative estimate of drug-likeness (QED) is 0.452. The Labute approximate surface area is 171 Å². The number of anilines is 2. The SMILES string of the molecule is CCC(OC(=O)c1cccc(N)c1)C(=O)Nc1nc(-c2ccccc2Cl)cs1. The van der Waals surface area contributed by atoms with Crippen molar-refractivity contribution in [2.24, 2.45) is 0 Å². The average molecular weight is 416 g/mol. The monoisotopic (exact) mass is 415 g/mol. The summed E-state index contributed by atoms with van der Waals surface area (Å²) in [5, 5.41) is 5.47. The van der Waals surface area contributed by atoms with E-state index < -0.39 is 18.0 Å². The van der Waals surface area contributed by atoms with Crippen LogP contribution in [0.25, 0.3) is 11.3 Å². The molecule has 1 unspecified atom stereocenters. The van der Waals surface area contributed by atoms with Gasteiger partial charge in [0.1, 0.15) is 0 Å². The minimum Gasteiger partial charge on any atom is -0.449 e. The number of aromatic nitrogens is 1. The number of halogens is 1. The number of hydrogen-bond donors (Lipinski definition) is 2. The molecule has 0 saturated carbocycles. The molecule has 3 aromatic rings. The maximum Gasteiger partial charge on any atom is 0.338 e. The molecule has 1 heterocycles. The van der Waals surface area contributed by atoms with Gasteiger partial charge in [0.25, 0.3) is 5.91 Å². The molecular weight excluding hydrogens is 398 g/mol. The summed E-state index contributed by atoms with van der Waals surface area (Å²) in [7, 11) is 0. The Morgan fingerprint density at radius 1 is 1.25 bits per heavy atom. The smallest absolute Gasteiger partial charge is 0.338 e. The number of nitrogens with one attached hydrogen (secondary N) is 1. The molecule has 0 aliphatic rings. The predicted octanol–water partition coefficient (Wildman–Crippen LogP) is 4.62. The van der Waals surface area contributed by atoms with Crippen LogP contribution in [0.3, 0.4) is 0 Å². The second-order valence-corrected chi connectivity index (χ2v) is 7.20. The van der Waals surface area contributed by atoms with Crippen LogP contribution in [-0.2, 0) is 9.53 Å². The van der Waals surface area contributed by atoms with Gasteiger partial charge in [-0.25, -0.2) is 9.78 Å². The molecule has 0 fully saturated rings. The molecule has 0 saturated heterocycles. The summed E-state index contributed by atoms with van der Waals surface area (Å²) in [5.74, 6) is -1.05. The minimum atomic E-state index is -0.943. The molecule has 1 aromatic heterocycles. The third-order valence-electron chi connectivity index (χ3n) is 3.92. The average Bonchev–Trinajstić information content (AvgIpc) is 3.14. The number of nitrogens with two attached hydrogens (primary N) is 1. The fourth-order valence-electron chi connectivity index (χ4n) is 2.49. The fraction of sp³-hybridized carbons (Fsp3) is 0.150. The maximum absolute atomic E-state index is 12.5. The number of benzene rings is 2.